The van der Waals surface area contributed by atoms with Crippen molar-refractivity contribution < 1.29 is 14.2 Å². The van der Waals surface area contributed by atoms with Gasteiger partial charge in [0, 0.05) is 11.1 Å². The van der Waals surface area contributed by atoms with Crippen LogP contribution in [0.2, 0.25) is 0 Å². The Morgan fingerprint density at radius 2 is 1.54 bits per heavy atom. The van der Waals surface area contributed by atoms with Gasteiger partial charge in [-0.1, -0.05) is 48.0 Å². The molecule has 0 aromatic heterocycles. The van der Waals surface area contributed by atoms with Gasteiger partial charge in [0.15, 0.2) is 0 Å². The highest BCUT2D eigenvalue weighted by atomic mass is 16.7. The van der Waals surface area contributed by atoms with Crippen LogP contribution in [0.25, 0.3) is 21.5 Å². The molecule has 1 aliphatic rings. The zero-order valence-corrected chi connectivity index (χ0v) is 16.1. The fourth-order valence-electron chi connectivity index (χ4n) is 4.19. The maximum atomic E-state index is 6.31. The molecule has 140 valence electrons. The lowest BCUT2D eigenvalue weighted by Crippen LogP contribution is -2.29. The minimum atomic E-state index is -0.913. The number of hydrogen-bond donors (Lipinski definition) is 0. The number of fused-ring (bicyclic) bond motifs is 3. The van der Waals surface area contributed by atoms with Crippen LogP contribution in [-0.2, 0) is 15.3 Å². The molecule has 1 aliphatic heterocycles. The predicted molar refractivity (Wildman–Crippen MR) is 112 cm³/mol. The molecule has 0 bridgehead atoms. The average Bonchev–Trinajstić information content (AvgIpc) is 3.24. The fraction of sp³-hybridized carbons (Fsp3) is 0.200. The van der Waals surface area contributed by atoms with Gasteiger partial charge in [0.05, 0.1) is 20.3 Å². The molecule has 4 aromatic rings. The van der Waals surface area contributed by atoms with Crippen LogP contribution in [0.3, 0.4) is 0 Å². The van der Waals surface area contributed by atoms with Crippen molar-refractivity contribution in [1.29, 1.82) is 0 Å². The van der Waals surface area contributed by atoms with Gasteiger partial charge in [-0.05, 0) is 58.8 Å². The molecule has 0 radical (unpaired) electrons. The van der Waals surface area contributed by atoms with Crippen molar-refractivity contribution in [1.82, 2.24) is 0 Å². The maximum Gasteiger partial charge on any atom is 0.223 e. The molecule has 0 N–H and O–H groups in total. The summed E-state index contributed by atoms with van der Waals surface area (Å²) < 4.78 is 18.0. The Hall–Kier alpha value is -2.88. The number of ether oxygens (including phenoxy) is 3. The van der Waals surface area contributed by atoms with E-state index in [1.807, 2.05) is 24.3 Å². The van der Waals surface area contributed by atoms with E-state index in [0.29, 0.717) is 13.2 Å². The van der Waals surface area contributed by atoms with Crippen molar-refractivity contribution in [3.8, 4) is 5.75 Å². The number of benzene rings is 4. The lowest BCUT2D eigenvalue weighted by molar-refractivity contribution is -0.128. The van der Waals surface area contributed by atoms with Gasteiger partial charge in [-0.25, -0.2) is 0 Å². The summed E-state index contributed by atoms with van der Waals surface area (Å²) in [4.78, 5) is 0. The van der Waals surface area contributed by atoms with E-state index in [4.69, 9.17) is 14.2 Å². The van der Waals surface area contributed by atoms with Crippen molar-refractivity contribution in [2.24, 2.45) is 0 Å². The summed E-state index contributed by atoms with van der Waals surface area (Å²) in [5.41, 5.74) is 3.26. The number of aryl methyl sites for hydroxylation is 1. The molecule has 1 heterocycles. The molecule has 5 rings (SSSR count). The van der Waals surface area contributed by atoms with Crippen molar-refractivity contribution in [3.05, 3.63) is 89.5 Å². The highest BCUT2D eigenvalue weighted by Crippen LogP contribution is 2.44. The van der Waals surface area contributed by atoms with Crippen molar-refractivity contribution in [2.75, 3.05) is 20.3 Å². The molecular weight excluding hydrogens is 348 g/mol. The Morgan fingerprint density at radius 3 is 2.29 bits per heavy atom. The van der Waals surface area contributed by atoms with Crippen LogP contribution in [0.5, 0.6) is 5.75 Å². The molecular formula is C25H22O3. The van der Waals surface area contributed by atoms with Gasteiger partial charge in [-0.3, -0.25) is 0 Å². The van der Waals surface area contributed by atoms with Gasteiger partial charge in [0.2, 0.25) is 5.79 Å². The Labute approximate surface area is 164 Å². The van der Waals surface area contributed by atoms with Crippen LogP contribution >= 0.6 is 0 Å². The normalized spacial score (nSPS) is 15.9. The van der Waals surface area contributed by atoms with Gasteiger partial charge in [0.25, 0.3) is 0 Å². The van der Waals surface area contributed by atoms with Crippen LogP contribution in [0.4, 0.5) is 0 Å². The zero-order valence-electron chi connectivity index (χ0n) is 16.1. The highest BCUT2D eigenvalue weighted by molar-refractivity contribution is 6.09. The Bertz CT molecular complexity index is 1160. The minimum absolute atomic E-state index is 0.562. The molecule has 0 saturated carbocycles. The summed E-state index contributed by atoms with van der Waals surface area (Å²) in [7, 11) is 1.67. The van der Waals surface area contributed by atoms with Gasteiger partial charge < -0.3 is 14.2 Å². The van der Waals surface area contributed by atoms with Crippen LogP contribution < -0.4 is 4.74 Å². The molecule has 1 fully saturated rings. The van der Waals surface area contributed by atoms with Crippen LogP contribution in [0.1, 0.15) is 16.7 Å². The summed E-state index contributed by atoms with van der Waals surface area (Å²) in [6.07, 6.45) is 0. The molecule has 0 atom stereocenters. The van der Waals surface area contributed by atoms with Gasteiger partial charge in [0.1, 0.15) is 5.75 Å². The van der Waals surface area contributed by atoms with Gasteiger partial charge >= 0.3 is 0 Å². The lowest BCUT2D eigenvalue weighted by Gasteiger charge is -2.30. The number of hydrogen-bond acceptors (Lipinski definition) is 3. The summed E-state index contributed by atoms with van der Waals surface area (Å²) in [6.45, 7) is 3.25. The topological polar surface area (TPSA) is 27.7 Å². The zero-order chi connectivity index (χ0) is 19.1. The first-order valence-electron chi connectivity index (χ1n) is 9.56. The first kappa shape index (κ1) is 17.2. The number of methoxy groups -OCH3 is 1. The molecule has 0 amide bonds. The van der Waals surface area contributed by atoms with Crippen LogP contribution in [0.15, 0.2) is 72.8 Å². The van der Waals surface area contributed by atoms with Crippen LogP contribution in [-0.4, -0.2) is 20.3 Å². The van der Waals surface area contributed by atoms with E-state index in [-0.39, 0.29) is 0 Å². The standard InChI is InChI=1S/C25H22O3/c1-17-7-12-22-23(15-17)21-6-4-3-5-18(21)16-24(22)25(27-13-14-28-25)19-8-10-20(26-2)11-9-19/h3-12,15-16H,13-14H2,1-2H3. The van der Waals surface area contributed by atoms with E-state index in [9.17, 15) is 0 Å². The summed E-state index contributed by atoms with van der Waals surface area (Å²) in [5.74, 6) is -0.0972. The Kier molecular flexibility index (Phi) is 4.08. The van der Waals surface area contributed by atoms with Crippen molar-refractivity contribution >= 4 is 21.5 Å². The second kappa shape index (κ2) is 6.62. The van der Waals surface area contributed by atoms with E-state index < -0.39 is 5.79 Å². The van der Waals surface area contributed by atoms with E-state index in [1.54, 1.807) is 7.11 Å². The SMILES string of the molecule is COc1ccc(C2(c3cc4ccccc4c4cc(C)ccc34)OCCO2)cc1. The Morgan fingerprint density at radius 1 is 0.786 bits per heavy atom. The second-order valence-corrected chi connectivity index (χ2v) is 7.24. The summed E-state index contributed by atoms with van der Waals surface area (Å²) >= 11 is 0. The quantitative estimate of drug-likeness (QED) is 0.442. The van der Waals surface area contributed by atoms with Crippen molar-refractivity contribution in [3.63, 3.8) is 0 Å². The summed E-state index contributed by atoms with van der Waals surface area (Å²) in [5, 5.41) is 4.80. The maximum absolute atomic E-state index is 6.31. The molecule has 0 spiro atoms. The number of rotatable bonds is 3. The van der Waals surface area contributed by atoms with E-state index in [1.165, 1.54) is 21.7 Å². The van der Waals surface area contributed by atoms with Crippen LogP contribution in [0, 0.1) is 6.92 Å². The first-order chi connectivity index (χ1) is 13.7. The lowest BCUT2D eigenvalue weighted by atomic mass is 9.88. The average molecular weight is 370 g/mol. The third kappa shape index (κ3) is 2.59. The molecule has 28 heavy (non-hydrogen) atoms. The second-order valence-electron chi connectivity index (χ2n) is 7.24. The monoisotopic (exact) mass is 370 g/mol. The molecule has 3 nitrogen and oxygen atoms in total. The van der Waals surface area contributed by atoms with E-state index in [2.05, 4.69) is 55.5 Å². The molecule has 3 heteroatoms. The first-order valence-corrected chi connectivity index (χ1v) is 9.56. The smallest absolute Gasteiger partial charge is 0.223 e. The van der Waals surface area contributed by atoms with Crippen molar-refractivity contribution in [2.45, 2.75) is 12.7 Å². The van der Waals surface area contributed by atoms with E-state index in [0.717, 1.165) is 22.3 Å². The molecule has 0 aliphatic carbocycles. The third-order valence-electron chi connectivity index (χ3n) is 5.53. The molecule has 1 saturated heterocycles. The largest absolute Gasteiger partial charge is 0.497 e. The van der Waals surface area contributed by atoms with Gasteiger partial charge in [-0.15, -0.1) is 0 Å². The molecule has 4 aromatic carbocycles. The van der Waals surface area contributed by atoms with Gasteiger partial charge in [-0.2, -0.15) is 0 Å². The minimum Gasteiger partial charge on any atom is -0.497 e. The highest BCUT2D eigenvalue weighted by Gasteiger charge is 2.42. The third-order valence-corrected chi connectivity index (χ3v) is 5.53. The predicted octanol–water partition coefficient (Wildman–Crippen LogP) is 5.56. The Balaban J connectivity index is 1.83. The molecule has 0 unspecified atom stereocenters. The van der Waals surface area contributed by atoms with E-state index >= 15 is 0 Å². The fourth-order valence-corrected chi connectivity index (χ4v) is 4.19. The summed E-state index contributed by atoms with van der Waals surface area (Å²) in [6, 6.07) is 25.2.